The minimum atomic E-state index is -0.393. The number of fused-ring (bicyclic) bond motifs is 1. The van der Waals surface area contributed by atoms with Crippen molar-refractivity contribution in [3.05, 3.63) is 89.5 Å². The maximum absolute atomic E-state index is 11.7. The molecular weight excluding hydrogens is 562 g/mol. The fourth-order valence-electron chi connectivity index (χ4n) is 4.60. The molecule has 3 aromatic carbocycles. The van der Waals surface area contributed by atoms with Gasteiger partial charge in [-0.3, -0.25) is 9.59 Å². The van der Waals surface area contributed by atoms with Gasteiger partial charge in [-0.05, 0) is 106 Å². The normalized spacial score (nSPS) is 16.8. The molecule has 1 heterocycles. The number of phenols is 1. The number of carbonyl (C=O) groups is 2. The highest BCUT2D eigenvalue weighted by atomic mass is 16.6. The Kier molecular flexibility index (Phi) is 15.2. The van der Waals surface area contributed by atoms with Gasteiger partial charge in [-0.2, -0.15) is 0 Å². The lowest BCUT2D eigenvalue weighted by atomic mass is 9.92. The first kappa shape index (κ1) is 37.4. The Balaban J connectivity index is 0.000000251. The summed E-state index contributed by atoms with van der Waals surface area (Å²) in [6.07, 6.45) is 3.52. The number of hydrogen-bond donors (Lipinski definition) is 2. The molecule has 4 rings (SSSR count). The van der Waals surface area contributed by atoms with Crippen LogP contribution in [0.3, 0.4) is 0 Å². The SMILES string of the molecule is CC1Oc2ccccc2C(=O)C1C.CCC(C)c1ccc(NCCCC(=O)OC(C)(C)C)cc1.CCC(C)c1ccc(O)cc1. The van der Waals surface area contributed by atoms with Gasteiger partial charge in [0.05, 0.1) is 11.5 Å². The van der Waals surface area contributed by atoms with E-state index in [9.17, 15) is 9.59 Å². The largest absolute Gasteiger partial charge is 0.508 e. The van der Waals surface area contributed by atoms with Gasteiger partial charge < -0.3 is 19.9 Å². The first-order valence-electron chi connectivity index (χ1n) is 16.4. The topological polar surface area (TPSA) is 84.9 Å². The van der Waals surface area contributed by atoms with E-state index in [4.69, 9.17) is 14.6 Å². The molecule has 6 heteroatoms. The molecule has 0 saturated heterocycles. The number of rotatable bonds is 9. The number of phenolic OH excluding ortho intramolecular Hbond substituents is 1. The molecule has 4 atom stereocenters. The molecular formula is C39H55NO5. The molecule has 2 N–H and O–H groups in total. The molecule has 45 heavy (non-hydrogen) atoms. The first-order chi connectivity index (χ1) is 21.2. The Morgan fingerprint density at radius 2 is 1.42 bits per heavy atom. The molecule has 0 bridgehead atoms. The minimum absolute atomic E-state index is 0.0117. The van der Waals surface area contributed by atoms with Crippen LogP contribution in [0.5, 0.6) is 11.5 Å². The number of anilines is 1. The van der Waals surface area contributed by atoms with Gasteiger partial charge in [0.2, 0.25) is 0 Å². The van der Waals surface area contributed by atoms with E-state index in [1.165, 1.54) is 11.1 Å². The number of carbonyl (C=O) groups excluding carboxylic acids is 2. The smallest absolute Gasteiger partial charge is 0.306 e. The van der Waals surface area contributed by atoms with E-state index in [1.54, 1.807) is 12.1 Å². The Morgan fingerprint density at radius 1 is 0.889 bits per heavy atom. The molecule has 0 saturated carbocycles. The van der Waals surface area contributed by atoms with E-state index in [2.05, 4.69) is 57.3 Å². The lowest BCUT2D eigenvalue weighted by molar-refractivity contribution is -0.154. The highest BCUT2D eigenvalue weighted by Crippen LogP contribution is 2.30. The van der Waals surface area contributed by atoms with Crippen LogP contribution >= 0.6 is 0 Å². The van der Waals surface area contributed by atoms with Gasteiger partial charge in [-0.25, -0.2) is 0 Å². The van der Waals surface area contributed by atoms with Gasteiger partial charge in [-0.15, -0.1) is 0 Å². The minimum Gasteiger partial charge on any atom is -0.508 e. The summed E-state index contributed by atoms with van der Waals surface area (Å²) >= 11 is 0. The van der Waals surface area contributed by atoms with Gasteiger partial charge >= 0.3 is 5.97 Å². The third-order valence-corrected chi connectivity index (χ3v) is 8.06. The lowest BCUT2D eigenvalue weighted by Crippen LogP contribution is -2.33. The Morgan fingerprint density at radius 3 is 1.96 bits per heavy atom. The van der Waals surface area contributed by atoms with Gasteiger partial charge in [0, 0.05) is 18.7 Å². The number of aromatic hydroxyl groups is 1. The van der Waals surface area contributed by atoms with Gasteiger partial charge in [0.1, 0.15) is 23.2 Å². The van der Waals surface area contributed by atoms with Crippen LogP contribution in [-0.2, 0) is 9.53 Å². The Bertz CT molecular complexity index is 1310. The van der Waals surface area contributed by atoms with Crippen LogP contribution in [0.25, 0.3) is 0 Å². The number of hydrogen-bond acceptors (Lipinski definition) is 6. The van der Waals surface area contributed by atoms with Crippen molar-refractivity contribution >= 4 is 17.4 Å². The Labute approximate surface area is 271 Å². The van der Waals surface area contributed by atoms with Crippen molar-refractivity contribution in [2.75, 3.05) is 11.9 Å². The predicted molar refractivity (Wildman–Crippen MR) is 186 cm³/mol. The second-order valence-corrected chi connectivity index (χ2v) is 12.9. The van der Waals surface area contributed by atoms with Crippen LogP contribution in [0.4, 0.5) is 5.69 Å². The van der Waals surface area contributed by atoms with Crippen molar-refractivity contribution in [1.82, 2.24) is 0 Å². The maximum Gasteiger partial charge on any atom is 0.306 e. The van der Waals surface area contributed by atoms with Crippen molar-refractivity contribution in [3.63, 3.8) is 0 Å². The van der Waals surface area contributed by atoms with Gasteiger partial charge in [0.15, 0.2) is 5.78 Å². The van der Waals surface area contributed by atoms with Crippen molar-refractivity contribution in [1.29, 1.82) is 0 Å². The molecule has 1 aliphatic heterocycles. The Hall–Kier alpha value is -3.80. The zero-order valence-electron chi connectivity index (χ0n) is 28.9. The van der Waals surface area contributed by atoms with E-state index >= 15 is 0 Å². The van der Waals surface area contributed by atoms with E-state index in [-0.39, 0.29) is 23.8 Å². The van der Waals surface area contributed by atoms with Crippen LogP contribution in [0, 0.1) is 5.92 Å². The monoisotopic (exact) mass is 617 g/mol. The quantitative estimate of drug-likeness (QED) is 0.184. The van der Waals surface area contributed by atoms with E-state index < -0.39 is 5.60 Å². The molecule has 246 valence electrons. The summed E-state index contributed by atoms with van der Waals surface area (Å²) in [4.78, 5) is 23.3. The molecule has 0 spiro atoms. The average Bonchev–Trinajstić information content (AvgIpc) is 3.02. The van der Waals surface area contributed by atoms with Crippen LogP contribution in [-0.4, -0.2) is 35.1 Å². The highest BCUT2D eigenvalue weighted by Gasteiger charge is 2.30. The number of ketones is 1. The van der Waals surface area contributed by atoms with E-state index in [1.807, 2.05) is 71.0 Å². The van der Waals surface area contributed by atoms with Crippen LogP contribution in [0.15, 0.2) is 72.8 Å². The number of benzene rings is 3. The fourth-order valence-corrected chi connectivity index (χ4v) is 4.60. The summed E-state index contributed by atoms with van der Waals surface area (Å²) in [5, 5.41) is 12.4. The van der Waals surface area contributed by atoms with Crippen LogP contribution < -0.4 is 10.1 Å². The lowest BCUT2D eigenvalue weighted by Gasteiger charge is -2.27. The third-order valence-electron chi connectivity index (χ3n) is 8.06. The summed E-state index contributed by atoms with van der Waals surface area (Å²) in [5.74, 6) is 2.29. The molecule has 0 fully saturated rings. The molecule has 0 aromatic heterocycles. The maximum atomic E-state index is 11.7. The number of Topliss-reactive ketones (excluding diaryl/α,β-unsaturated/α-hetero) is 1. The van der Waals surface area contributed by atoms with Crippen LogP contribution in [0.2, 0.25) is 0 Å². The summed E-state index contributed by atoms with van der Waals surface area (Å²) in [6, 6.07) is 23.4. The van der Waals surface area contributed by atoms with Crippen LogP contribution in [0.1, 0.15) is 121 Å². The molecule has 4 unspecified atom stereocenters. The molecule has 0 aliphatic carbocycles. The standard InChI is InChI=1S/C18H29NO2.C11H12O2.C10H14O/c1-6-14(2)15-9-11-16(12-10-15)19-13-7-8-17(20)21-18(3,4)5;1-7-8(2)13-10-6-4-3-5-9(10)11(7)12;1-3-8(2)9-4-6-10(11)7-5-9/h9-12,14,19H,6-8,13H2,1-5H3;3-8H,1-2H3;4-8,11H,3H2,1-2H3. The molecule has 0 radical (unpaired) electrons. The van der Waals surface area contributed by atoms with Crippen molar-refractivity contribution in [3.8, 4) is 11.5 Å². The highest BCUT2D eigenvalue weighted by molar-refractivity contribution is 6.01. The summed E-state index contributed by atoms with van der Waals surface area (Å²) < 4.78 is 10.9. The van der Waals surface area contributed by atoms with Crippen molar-refractivity contribution < 1.29 is 24.2 Å². The zero-order valence-corrected chi connectivity index (χ0v) is 28.9. The predicted octanol–water partition coefficient (Wildman–Crippen LogP) is 9.93. The van der Waals surface area contributed by atoms with Gasteiger partial charge in [-0.1, -0.05) is 71.0 Å². The third kappa shape index (κ3) is 13.0. The zero-order chi connectivity index (χ0) is 33.6. The van der Waals surface area contributed by atoms with E-state index in [0.717, 1.165) is 37.2 Å². The summed E-state index contributed by atoms with van der Waals surface area (Å²) in [5.41, 5.74) is 4.09. The fraction of sp³-hybridized carbons (Fsp3) is 0.487. The van der Waals surface area contributed by atoms with Gasteiger partial charge in [0.25, 0.3) is 0 Å². The second kappa shape index (κ2) is 18.2. The summed E-state index contributed by atoms with van der Waals surface area (Å²) in [7, 11) is 0. The molecule has 3 aromatic rings. The molecule has 6 nitrogen and oxygen atoms in total. The summed E-state index contributed by atoms with van der Waals surface area (Å²) in [6.45, 7) is 19.1. The first-order valence-corrected chi connectivity index (χ1v) is 16.4. The number of esters is 1. The molecule has 1 aliphatic rings. The number of ether oxygens (including phenoxy) is 2. The van der Waals surface area contributed by atoms with Crippen molar-refractivity contribution in [2.24, 2.45) is 5.92 Å². The van der Waals surface area contributed by atoms with E-state index in [0.29, 0.717) is 29.6 Å². The number of nitrogens with one attached hydrogen (secondary N) is 1. The average molecular weight is 618 g/mol. The number of para-hydroxylation sites is 1. The second-order valence-electron chi connectivity index (χ2n) is 12.9. The van der Waals surface area contributed by atoms with Crippen molar-refractivity contribution in [2.45, 2.75) is 112 Å². The molecule has 0 amide bonds.